The van der Waals surface area contributed by atoms with Crippen LogP contribution < -0.4 is 14.8 Å². The Hall–Kier alpha value is -2.15. The smallest absolute Gasteiger partial charge is 0.251 e. The van der Waals surface area contributed by atoms with Gasteiger partial charge >= 0.3 is 0 Å². The third-order valence-corrected chi connectivity index (χ3v) is 2.33. The van der Waals surface area contributed by atoms with E-state index in [4.69, 9.17) is 9.47 Å². The maximum atomic E-state index is 11.9. The number of ether oxygens (including phenoxy) is 2. The SMILES string of the molecule is CC#CCCNC(=O)c1cc(OC)cc(OC)c1. The van der Waals surface area contributed by atoms with Crippen LogP contribution in [0.1, 0.15) is 23.7 Å². The lowest BCUT2D eigenvalue weighted by Crippen LogP contribution is -2.24. The molecule has 96 valence electrons. The van der Waals surface area contributed by atoms with Crippen molar-refractivity contribution in [3.8, 4) is 23.3 Å². The maximum absolute atomic E-state index is 11.9. The van der Waals surface area contributed by atoms with E-state index in [0.717, 1.165) is 0 Å². The normalized spacial score (nSPS) is 9.06. The first-order chi connectivity index (χ1) is 8.71. The molecule has 4 nitrogen and oxygen atoms in total. The molecule has 0 aliphatic heterocycles. The molecule has 1 rings (SSSR count). The van der Waals surface area contributed by atoms with Crippen LogP contribution >= 0.6 is 0 Å². The highest BCUT2D eigenvalue weighted by Gasteiger charge is 2.08. The monoisotopic (exact) mass is 247 g/mol. The van der Waals surface area contributed by atoms with Gasteiger partial charge in [-0.1, -0.05) is 0 Å². The molecule has 0 saturated carbocycles. The van der Waals surface area contributed by atoms with E-state index in [9.17, 15) is 4.79 Å². The van der Waals surface area contributed by atoms with E-state index in [1.807, 2.05) is 0 Å². The van der Waals surface area contributed by atoms with Crippen molar-refractivity contribution in [3.63, 3.8) is 0 Å². The van der Waals surface area contributed by atoms with Crippen molar-refractivity contribution in [1.82, 2.24) is 5.32 Å². The topological polar surface area (TPSA) is 47.6 Å². The molecule has 0 unspecified atom stereocenters. The van der Waals surface area contributed by atoms with Gasteiger partial charge in [-0.05, 0) is 19.1 Å². The average molecular weight is 247 g/mol. The van der Waals surface area contributed by atoms with Crippen LogP contribution in [-0.2, 0) is 0 Å². The second-order valence-electron chi connectivity index (χ2n) is 3.53. The molecule has 0 saturated heterocycles. The number of methoxy groups -OCH3 is 2. The molecule has 1 aromatic carbocycles. The number of amides is 1. The number of carbonyl (C=O) groups excluding carboxylic acids is 1. The second-order valence-corrected chi connectivity index (χ2v) is 3.53. The van der Waals surface area contributed by atoms with Crippen LogP contribution in [0.3, 0.4) is 0 Å². The number of rotatable bonds is 5. The Labute approximate surface area is 107 Å². The van der Waals surface area contributed by atoms with Crippen molar-refractivity contribution in [1.29, 1.82) is 0 Å². The zero-order valence-corrected chi connectivity index (χ0v) is 10.9. The molecule has 0 radical (unpaired) electrons. The lowest BCUT2D eigenvalue weighted by atomic mass is 10.2. The largest absolute Gasteiger partial charge is 0.497 e. The Morgan fingerprint density at radius 3 is 2.33 bits per heavy atom. The Balaban J connectivity index is 2.73. The first-order valence-corrected chi connectivity index (χ1v) is 5.62. The van der Waals surface area contributed by atoms with Crippen LogP contribution in [0.25, 0.3) is 0 Å². The summed E-state index contributed by atoms with van der Waals surface area (Å²) >= 11 is 0. The number of hydrogen-bond acceptors (Lipinski definition) is 3. The van der Waals surface area contributed by atoms with E-state index in [1.165, 1.54) is 0 Å². The van der Waals surface area contributed by atoms with Crippen molar-refractivity contribution in [2.75, 3.05) is 20.8 Å². The summed E-state index contributed by atoms with van der Waals surface area (Å²) in [5.74, 6) is 6.68. The van der Waals surface area contributed by atoms with Gasteiger partial charge in [0.05, 0.1) is 14.2 Å². The molecular formula is C14H17NO3. The number of benzene rings is 1. The van der Waals surface area contributed by atoms with Crippen LogP contribution in [0.15, 0.2) is 18.2 Å². The van der Waals surface area contributed by atoms with Crippen LogP contribution in [0.2, 0.25) is 0 Å². The predicted molar refractivity (Wildman–Crippen MR) is 69.9 cm³/mol. The predicted octanol–water partition coefficient (Wildman–Crippen LogP) is 1.85. The van der Waals surface area contributed by atoms with Gasteiger partial charge in [-0.3, -0.25) is 4.79 Å². The molecule has 18 heavy (non-hydrogen) atoms. The molecule has 0 aliphatic carbocycles. The highest BCUT2D eigenvalue weighted by atomic mass is 16.5. The van der Waals surface area contributed by atoms with Crippen molar-refractivity contribution in [2.45, 2.75) is 13.3 Å². The molecule has 1 N–H and O–H groups in total. The summed E-state index contributed by atoms with van der Waals surface area (Å²) in [5, 5.41) is 2.78. The Morgan fingerprint density at radius 2 is 1.83 bits per heavy atom. The summed E-state index contributed by atoms with van der Waals surface area (Å²) in [5.41, 5.74) is 0.510. The Kier molecular flexibility index (Phi) is 5.59. The van der Waals surface area contributed by atoms with E-state index >= 15 is 0 Å². The van der Waals surface area contributed by atoms with E-state index in [1.54, 1.807) is 39.3 Å². The minimum absolute atomic E-state index is 0.162. The van der Waals surface area contributed by atoms with E-state index in [2.05, 4.69) is 17.2 Å². The highest BCUT2D eigenvalue weighted by Crippen LogP contribution is 2.22. The van der Waals surface area contributed by atoms with Crippen LogP contribution in [0.4, 0.5) is 0 Å². The van der Waals surface area contributed by atoms with Crippen LogP contribution in [0.5, 0.6) is 11.5 Å². The number of carbonyl (C=O) groups is 1. The van der Waals surface area contributed by atoms with Crippen molar-refractivity contribution in [3.05, 3.63) is 23.8 Å². The van der Waals surface area contributed by atoms with Gasteiger partial charge in [-0.25, -0.2) is 0 Å². The van der Waals surface area contributed by atoms with Gasteiger partial charge in [0.2, 0.25) is 0 Å². The lowest BCUT2D eigenvalue weighted by Gasteiger charge is -2.08. The molecule has 0 fully saturated rings. The summed E-state index contributed by atoms with van der Waals surface area (Å²) in [6, 6.07) is 5.06. The molecule has 1 amide bonds. The zero-order valence-electron chi connectivity index (χ0n) is 10.9. The second kappa shape index (κ2) is 7.23. The van der Waals surface area contributed by atoms with Crippen molar-refractivity contribution >= 4 is 5.91 Å². The van der Waals surface area contributed by atoms with Crippen LogP contribution in [-0.4, -0.2) is 26.7 Å². The minimum atomic E-state index is -0.162. The van der Waals surface area contributed by atoms with Crippen LogP contribution in [0, 0.1) is 11.8 Å². The average Bonchev–Trinajstić information content (AvgIpc) is 2.42. The minimum Gasteiger partial charge on any atom is -0.497 e. The molecule has 4 heteroatoms. The molecular weight excluding hydrogens is 230 g/mol. The maximum Gasteiger partial charge on any atom is 0.251 e. The first kappa shape index (κ1) is 13.9. The number of nitrogens with one attached hydrogen (secondary N) is 1. The summed E-state index contributed by atoms with van der Waals surface area (Å²) in [7, 11) is 3.10. The first-order valence-electron chi connectivity index (χ1n) is 5.62. The zero-order chi connectivity index (χ0) is 13.4. The fraction of sp³-hybridized carbons (Fsp3) is 0.357. The fourth-order valence-electron chi connectivity index (χ4n) is 1.40. The molecule has 0 spiro atoms. The van der Waals surface area contributed by atoms with Gasteiger partial charge in [0.25, 0.3) is 5.91 Å². The Bertz CT molecular complexity index is 449. The molecule has 1 aromatic rings. The van der Waals surface area contributed by atoms with Gasteiger partial charge in [-0.15, -0.1) is 11.8 Å². The van der Waals surface area contributed by atoms with Gasteiger partial charge in [0.15, 0.2) is 0 Å². The fourth-order valence-corrected chi connectivity index (χ4v) is 1.40. The van der Waals surface area contributed by atoms with Gasteiger partial charge in [0, 0.05) is 24.6 Å². The third-order valence-electron chi connectivity index (χ3n) is 2.33. The molecule has 0 aromatic heterocycles. The molecule has 0 bridgehead atoms. The van der Waals surface area contributed by atoms with Gasteiger partial charge in [-0.2, -0.15) is 0 Å². The quantitative estimate of drug-likeness (QED) is 0.638. The summed E-state index contributed by atoms with van der Waals surface area (Å²) in [4.78, 5) is 11.9. The molecule has 0 atom stereocenters. The standard InChI is InChI=1S/C14H17NO3/c1-4-5-6-7-15-14(16)11-8-12(17-2)10-13(9-11)18-3/h8-10H,6-7H2,1-3H3,(H,15,16). The summed E-state index contributed by atoms with van der Waals surface area (Å²) < 4.78 is 10.2. The summed E-state index contributed by atoms with van der Waals surface area (Å²) in [6.45, 7) is 2.30. The van der Waals surface area contributed by atoms with Gasteiger partial charge in [0.1, 0.15) is 11.5 Å². The van der Waals surface area contributed by atoms with Crippen molar-refractivity contribution < 1.29 is 14.3 Å². The van der Waals surface area contributed by atoms with Crippen molar-refractivity contribution in [2.24, 2.45) is 0 Å². The number of hydrogen-bond donors (Lipinski definition) is 1. The van der Waals surface area contributed by atoms with E-state index in [0.29, 0.717) is 30.0 Å². The molecule has 0 aliphatic rings. The van der Waals surface area contributed by atoms with E-state index in [-0.39, 0.29) is 5.91 Å². The highest BCUT2D eigenvalue weighted by molar-refractivity contribution is 5.95. The lowest BCUT2D eigenvalue weighted by molar-refractivity contribution is 0.0954. The van der Waals surface area contributed by atoms with Gasteiger partial charge < -0.3 is 14.8 Å². The summed E-state index contributed by atoms with van der Waals surface area (Å²) in [6.07, 6.45) is 0.642. The third kappa shape index (κ3) is 4.02. The molecule has 0 heterocycles. The van der Waals surface area contributed by atoms with E-state index < -0.39 is 0 Å². The Morgan fingerprint density at radius 1 is 1.22 bits per heavy atom.